The Morgan fingerprint density at radius 3 is 2.42 bits per heavy atom. The number of aliphatic hydroxyl groups is 1. The second-order valence-corrected chi connectivity index (χ2v) is 10.6. The summed E-state index contributed by atoms with van der Waals surface area (Å²) in [6.07, 6.45) is 11.7. The summed E-state index contributed by atoms with van der Waals surface area (Å²) in [5, 5.41) is 11.2. The lowest BCUT2D eigenvalue weighted by Crippen LogP contribution is -2.57. The van der Waals surface area contributed by atoms with Crippen LogP contribution in [0.25, 0.3) is 0 Å². The molecule has 0 amide bonds. The van der Waals surface area contributed by atoms with Gasteiger partial charge < -0.3 is 19.3 Å². The summed E-state index contributed by atoms with van der Waals surface area (Å²) in [5.41, 5.74) is 0.510. The Morgan fingerprint density at radius 1 is 0.769 bits per heavy atom. The van der Waals surface area contributed by atoms with Crippen molar-refractivity contribution in [3.05, 3.63) is 0 Å². The second-order valence-electron chi connectivity index (χ2n) is 10.6. The third-order valence-electron chi connectivity index (χ3n) is 10.1. The van der Waals surface area contributed by atoms with Crippen LogP contribution in [0.1, 0.15) is 71.1 Å². The van der Waals surface area contributed by atoms with Crippen LogP contribution in [0.2, 0.25) is 0 Å². The summed E-state index contributed by atoms with van der Waals surface area (Å²) in [6.45, 7) is 4.90. The summed E-state index contributed by atoms with van der Waals surface area (Å²) >= 11 is 0. The molecule has 26 heavy (non-hydrogen) atoms. The van der Waals surface area contributed by atoms with Gasteiger partial charge in [-0.2, -0.15) is 0 Å². The first-order valence-corrected chi connectivity index (χ1v) is 11.1. The molecule has 4 saturated carbocycles. The molecule has 6 rings (SSSR count). The highest BCUT2D eigenvalue weighted by atomic mass is 16.7. The fraction of sp³-hybridized carbons (Fsp3) is 1.00. The van der Waals surface area contributed by atoms with Crippen LogP contribution in [0.5, 0.6) is 0 Å². The van der Waals surface area contributed by atoms with E-state index in [-0.39, 0.29) is 11.2 Å². The zero-order valence-electron chi connectivity index (χ0n) is 16.2. The van der Waals surface area contributed by atoms with Crippen LogP contribution in [0.4, 0.5) is 0 Å². The van der Waals surface area contributed by atoms with Crippen molar-refractivity contribution >= 4 is 0 Å². The van der Waals surface area contributed by atoms with Crippen molar-refractivity contribution < 1.29 is 19.3 Å². The van der Waals surface area contributed by atoms with Gasteiger partial charge in [-0.3, -0.25) is 0 Å². The average Bonchev–Trinajstić information content (AvgIpc) is 3.28. The van der Waals surface area contributed by atoms with Crippen LogP contribution in [-0.4, -0.2) is 36.5 Å². The van der Waals surface area contributed by atoms with Crippen LogP contribution >= 0.6 is 0 Å². The van der Waals surface area contributed by atoms with Crippen molar-refractivity contribution in [2.75, 3.05) is 19.8 Å². The van der Waals surface area contributed by atoms with Gasteiger partial charge in [-0.1, -0.05) is 6.92 Å². The average molecular weight is 363 g/mol. The van der Waals surface area contributed by atoms with E-state index >= 15 is 0 Å². The van der Waals surface area contributed by atoms with Gasteiger partial charge in [-0.15, -0.1) is 0 Å². The molecular formula is C22H34O4. The first kappa shape index (κ1) is 16.8. The van der Waals surface area contributed by atoms with Gasteiger partial charge in [0, 0.05) is 24.7 Å². The van der Waals surface area contributed by atoms with Crippen molar-refractivity contribution in [3.63, 3.8) is 0 Å². The Labute approximate surface area is 157 Å². The van der Waals surface area contributed by atoms with E-state index in [1.807, 2.05) is 0 Å². The molecule has 0 aromatic heterocycles. The highest BCUT2D eigenvalue weighted by Gasteiger charge is 2.69. The monoisotopic (exact) mass is 362 g/mol. The maximum absolute atomic E-state index is 11.2. The molecule has 5 unspecified atom stereocenters. The van der Waals surface area contributed by atoms with Gasteiger partial charge >= 0.3 is 0 Å². The Balaban J connectivity index is 1.29. The largest absolute Gasteiger partial charge is 0.365 e. The van der Waals surface area contributed by atoms with Gasteiger partial charge in [0.15, 0.2) is 11.6 Å². The van der Waals surface area contributed by atoms with Gasteiger partial charge in [0.2, 0.25) is 0 Å². The molecular weight excluding hydrogens is 328 g/mol. The minimum Gasteiger partial charge on any atom is -0.365 e. The summed E-state index contributed by atoms with van der Waals surface area (Å²) in [7, 11) is 0. The summed E-state index contributed by atoms with van der Waals surface area (Å²) < 4.78 is 18.1. The van der Waals surface area contributed by atoms with Crippen LogP contribution < -0.4 is 0 Å². The van der Waals surface area contributed by atoms with E-state index in [0.717, 1.165) is 63.3 Å². The molecule has 0 radical (unpaired) electrons. The van der Waals surface area contributed by atoms with Crippen LogP contribution in [-0.2, 0) is 14.2 Å². The molecule has 0 aromatic carbocycles. The minimum absolute atomic E-state index is 0.0743. The lowest BCUT2D eigenvalue weighted by Gasteiger charge is -2.62. The van der Waals surface area contributed by atoms with E-state index in [1.54, 1.807) is 0 Å². The highest BCUT2D eigenvalue weighted by Crippen LogP contribution is 2.71. The fourth-order valence-electron chi connectivity index (χ4n) is 8.87. The van der Waals surface area contributed by atoms with Crippen molar-refractivity contribution in [1.29, 1.82) is 0 Å². The summed E-state index contributed by atoms with van der Waals surface area (Å²) in [5.74, 6) is 1.98. The Hall–Kier alpha value is -0.160. The zero-order chi connectivity index (χ0) is 17.6. The molecule has 2 saturated heterocycles. The summed E-state index contributed by atoms with van der Waals surface area (Å²) in [6, 6.07) is 0. The van der Waals surface area contributed by atoms with E-state index in [0.29, 0.717) is 11.3 Å². The van der Waals surface area contributed by atoms with Crippen molar-refractivity contribution in [1.82, 2.24) is 0 Å². The smallest absolute Gasteiger partial charge is 0.171 e. The van der Waals surface area contributed by atoms with E-state index in [4.69, 9.17) is 14.2 Å². The van der Waals surface area contributed by atoms with E-state index in [2.05, 4.69) is 6.92 Å². The molecule has 0 bridgehead atoms. The van der Waals surface area contributed by atoms with Gasteiger partial charge in [0.1, 0.15) is 0 Å². The molecule has 146 valence electrons. The predicted octanol–water partition coefficient (Wildman–Crippen LogP) is 3.86. The lowest BCUT2D eigenvalue weighted by molar-refractivity contribution is -0.250. The zero-order valence-corrected chi connectivity index (χ0v) is 16.2. The number of fused-ring (bicyclic) bond motifs is 4. The molecule has 1 N–H and O–H groups in total. The third-order valence-corrected chi connectivity index (χ3v) is 10.1. The molecule has 2 heterocycles. The van der Waals surface area contributed by atoms with Gasteiger partial charge in [-0.25, -0.2) is 0 Å². The topological polar surface area (TPSA) is 47.9 Å². The Kier molecular flexibility index (Phi) is 3.39. The van der Waals surface area contributed by atoms with Crippen LogP contribution in [0.15, 0.2) is 0 Å². The quantitative estimate of drug-likeness (QED) is 0.711. The fourth-order valence-corrected chi connectivity index (χ4v) is 8.87. The van der Waals surface area contributed by atoms with Crippen LogP contribution in [0.3, 0.4) is 0 Å². The molecule has 4 aliphatic carbocycles. The summed E-state index contributed by atoms with van der Waals surface area (Å²) in [4.78, 5) is 0. The number of rotatable bonds is 0. The van der Waals surface area contributed by atoms with Crippen molar-refractivity contribution in [3.8, 4) is 0 Å². The highest BCUT2D eigenvalue weighted by molar-refractivity contribution is 5.15. The number of hydrogen-bond acceptors (Lipinski definition) is 4. The Bertz CT molecular complexity index is 601. The molecule has 4 heteroatoms. The third kappa shape index (κ3) is 1.90. The Morgan fingerprint density at radius 2 is 1.58 bits per heavy atom. The molecule has 2 aliphatic heterocycles. The predicted molar refractivity (Wildman–Crippen MR) is 96.2 cm³/mol. The molecule has 6 fully saturated rings. The first-order chi connectivity index (χ1) is 12.5. The maximum atomic E-state index is 11.2. The minimum atomic E-state index is -0.803. The number of hydrogen-bond donors (Lipinski definition) is 1. The second kappa shape index (κ2) is 5.25. The standard InChI is InChI=1S/C22H34O4/c1-19-8-9-21(24-12-13-25-21)14-15(19)2-3-16-17(19)4-6-20-10-11-26-22(20,23)7-5-18(16)20/h15-18,23H,2-14H2,1H3/t15?,16?,17?,18?,19-,20?,22-/m0/s1. The van der Waals surface area contributed by atoms with Gasteiger partial charge in [-0.05, 0) is 74.0 Å². The van der Waals surface area contributed by atoms with E-state index in [9.17, 15) is 5.11 Å². The molecule has 4 nitrogen and oxygen atoms in total. The van der Waals surface area contributed by atoms with Gasteiger partial charge in [0.05, 0.1) is 19.8 Å². The first-order valence-electron chi connectivity index (χ1n) is 11.1. The van der Waals surface area contributed by atoms with Crippen LogP contribution in [0, 0.1) is 34.5 Å². The lowest BCUT2D eigenvalue weighted by atomic mass is 9.44. The van der Waals surface area contributed by atoms with Crippen molar-refractivity contribution in [2.24, 2.45) is 34.5 Å². The van der Waals surface area contributed by atoms with E-state index in [1.165, 1.54) is 38.5 Å². The normalized spacial score (nSPS) is 57.5. The molecule has 0 aromatic rings. The number of ether oxygens (including phenoxy) is 3. The molecule has 2 spiro atoms. The maximum Gasteiger partial charge on any atom is 0.171 e. The molecule has 7 atom stereocenters. The van der Waals surface area contributed by atoms with Crippen molar-refractivity contribution in [2.45, 2.75) is 82.7 Å². The molecule has 6 aliphatic rings. The van der Waals surface area contributed by atoms with Gasteiger partial charge in [0.25, 0.3) is 0 Å². The van der Waals surface area contributed by atoms with E-state index < -0.39 is 5.79 Å². The SMILES string of the molecule is C[C@]12CCC3(CC1CCC1C4CC[C@]5(O)OCCC45CCC12)OCCO3.